The molecule has 1 aromatic rings. The Morgan fingerprint density at radius 1 is 1.39 bits per heavy atom. The second kappa shape index (κ2) is 6.60. The molecule has 0 aromatic heterocycles. The van der Waals surface area contributed by atoms with Crippen molar-refractivity contribution in [2.24, 2.45) is 0 Å². The van der Waals surface area contributed by atoms with Gasteiger partial charge in [-0.2, -0.15) is 4.31 Å². The van der Waals surface area contributed by atoms with E-state index in [1.54, 1.807) is 0 Å². The SMILES string of the molecule is COCCN1CN(S(=O)(=O)c2ccc([N+](=O)[O-])cc2C)CC1=O. The highest BCUT2D eigenvalue weighted by molar-refractivity contribution is 7.89. The van der Waals surface area contributed by atoms with E-state index in [1.807, 2.05) is 0 Å². The molecule has 1 aromatic carbocycles. The van der Waals surface area contributed by atoms with Crippen molar-refractivity contribution in [2.75, 3.05) is 33.5 Å². The number of non-ortho nitro benzene ring substituents is 1. The van der Waals surface area contributed by atoms with Crippen LogP contribution in [0.4, 0.5) is 5.69 Å². The molecular formula is C13H17N3O6S. The molecule has 126 valence electrons. The van der Waals surface area contributed by atoms with Gasteiger partial charge in [0, 0.05) is 25.8 Å². The molecule has 10 heteroatoms. The van der Waals surface area contributed by atoms with Gasteiger partial charge in [0.2, 0.25) is 15.9 Å². The fourth-order valence-electron chi connectivity index (χ4n) is 2.30. The van der Waals surface area contributed by atoms with Crippen LogP contribution in [-0.2, 0) is 19.6 Å². The summed E-state index contributed by atoms with van der Waals surface area (Å²) in [5.41, 5.74) is 0.0858. The average molecular weight is 343 g/mol. The zero-order valence-electron chi connectivity index (χ0n) is 12.8. The number of hydrogen-bond donors (Lipinski definition) is 0. The summed E-state index contributed by atoms with van der Waals surface area (Å²) >= 11 is 0. The molecule has 1 amide bonds. The van der Waals surface area contributed by atoms with Crippen molar-refractivity contribution < 1.29 is 22.9 Å². The van der Waals surface area contributed by atoms with Crippen LogP contribution < -0.4 is 0 Å². The topological polar surface area (TPSA) is 110 Å². The Labute approximate surface area is 133 Å². The molecule has 9 nitrogen and oxygen atoms in total. The van der Waals surface area contributed by atoms with Crippen molar-refractivity contribution in [1.82, 2.24) is 9.21 Å². The highest BCUT2D eigenvalue weighted by Crippen LogP contribution is 2.25. The number of carbonyl (C=O) groups is 1. The molecule has 23 heavy (non-hydrogen) atoms. The summed E-state index contributed by atoms with van der Waals surface area (Å²) in [5.74, 6) is -0.301. The molecule has 0 aliphatic carbocycles. The first kappa shape index (κ1) is 17.3. The van der Waals surface area contributed by atoms with Gasteiger partial charge < -0.3 is 9.64 Å². The van der Waals surface area contributed by atoms with Crippen molar-refractivity contribution in [1.29, 1.82) is 0 Å². The monoisotopic (exact) mass is 343 g/mol. The average Bonchev–Trinajstić information content (AvgIpc) is 2.86. The van der Waals surface area contributed by atoms with Crippen molar-refractivity contribution in [2.45, 2.75) is 11.8 Å². The number of rotatable bonds is 6. The van der Waals surface area contributed by atoms with Crippen LogP contribution in [0, 0.1) is 17.0 Å². The zero-order valence-corrected chi connectivity index (χ0v) is 13.6. The van der Waals surface area contributed by atoms with Crippen LogP contribution in [0.15, 0.2) is 23.1 Å². The van der Waals surface area contributed by atoms with Gasteiger partial charge in [-0.1, -0.05) is 0 Å². The lowest BCUT2D eigenvalue weighted by Crippen LogP contribution is -2.33. The zero-order chi connectivity index (χ0) is 17.2. The van der Waals surface area contributed by atoms with Crippen LogP contribution in [0.25, 0.3) is 0 Å². The van der Waals surface area contributed by atoms with Gasteiger partial charge in [0.1, 0.15) is 0 Å². The maximum Gasteiger partial charge on any atom is 0.269 e. The van der Waals surface area contributed by atoms with Crippen molar-refractivity contribution in [3.63, 3.8) is 0 Å². The van der Waals surface area contributed by atoms with Crippen LogP contribution in [0.3, 0.4) is 0 Å². The van der Waals surface area contributed by atoms with Gasteiger partial charge in [0.15, 0.2) is 0 Å². The Hall–Kier alpha value is -2.04. The molecule has 0 radical (unpaired) electrons. The molecule has 1 fully saturated rings. The minimum absolute atomic E-state index is 0.0375. The van der Waals surface area contributed by atoms with Gasteiger partial charge in [-0.25, -0.2) is 8.42 Å². The molecule has 0 bridgehead atoms. The quantitative estimate of drug-likeness (QED) is 0.544. The molecular weight excluding hydrogens is 326 g/mol. The number of nitro groups is 1. The van der Waals surface area contributed by atoms with Crippen LogP contribution in [-0.4, -0.2) is 61.9 Å². The maximum atomic E-state index is 12.6. The van der Waals surface area contributed by atoms with Crippen molar-refractivity contribution in [3.8, 4) is 0 Å². The van der Waals surface area contributed by atoms with Gasteiger partial charge in [0.05, 0.1) is 29.6 Å². The largest absolute Gasteiger partial charge is 0.383 e. The number of ether oxygens (including phenoxy) is 1. The van der Waals surface area contributed by atoms with Crippen LogP contribution in [0.1, 0.15) is 5.56 Å². The minimum atomic E-state index is -3.90. The number of nitrogens with zero attached hydrogens (tertiary/aromatic N) is 3. The maximum absolute atomic E-state index is 12.6. The van der Waals surface area contributed by atoms with E-state index in [9.17, 15) is 23.3 Å². The summed E-state index contributed by atoms with van der Waals surface area (Å²) in [6.45, 7) is 1.81. The number of aryl methyl sites for hydroxylation is 1. The molecule has 0 atom stereocenters. The van der Waals surface area contributed by atoms with E-state index in [2.05, 4.69) is 0 Å². The summed E-state index contributed by atoms with van der Waals surface area (Å²) in [5, 5.41) is 10.7. The smallest absolute Gasteiger partial charge is 0.269 e. The first-order valence-corrected chi connectivity index (χ1v) is 8.23. The Morgan fingerprint density at radius 2 is 2.09 bits per heavy atom. The van der Waals surface area contributed by atoms with Gasteiger partial charge in [-0.05, 0) is 18.6 Å². The van der Waals surface area contributed by atoms with Crippen molar-refractivity contribution in [3.05, 3.63) is 33.9 Å². The van der Waals surface area contributed by atoms with Gasteiger partial charge >= 0.3 is 0 Å². The number of amides is 1. The number of hydrogen-bond acceptors (Lipinski definition) is 6. The number of benzene rings is 1. The van der Waals surface area contributed by atoms with Crippen molar-refractivity contribution >= 4 is 21.6 Å². The summed E-state index contributed by atoms with van der Waals surface area (Å²) in [6.07, 6.45) is 0. The molecule has 2 rings (SSSR count). The summed E-state index contributed by atoms with van der Waals surface area (Å²) in [4.78, 5) is 23.4. The molecule has 1 heterocycles. The van der Waals surface area contributed by atoms with E-state index in [0.717, 1.165) is 10.4 Å². The molecule has 0 saturated carbocycles. The molecule has 1 aliphatic rings. The van der Waals surface area contributed by atoms with E-state index in [1.165, 1.54) is 31.1 Å². The second-order valence-electron chi connectivity index (χ2n) is 5.11. The fourth-order valence-corrected chi connectivity index (χ4v) is 3.86. The van der Waals surface area contributed by atoms with E-state index in [4.69, 9.17) is 4.74 Å². The Morgan fingerprint density at radius 3 is 2.65 bits per heavy atom. The van der Waals surface area contributed by atoms with E-state index < -0.39 is 14.9 Å². The summed E-state index contributed by atoms with van der Waals surface area (Å²) < 4.78 is 31.2. The third-order valence-corrected chi connectivity index (χ3v) is 5.48. The van der Waals surface area contributed by atoms with E-state index in [-0.39, 0.29) is 35.3 Å². The van der Waals surface area contributed by atoms with Gasteiger partial charge in [0.25, 0.3) is 5.69 Å². The number of carbonyl (C=O) groups excluding carboxylic acids is 1. The molecule has 1 aliphatic heterocycles. The number of methoxy groups -OCH3 is 1. The first-order chi connectivity index (χ1) is 10.8. The molecule has 0 unspecified atom stereocenters. The first-order valence-electron chi connectivity index (χ1n) is 6.79. The van der Waals surface area contributed by atoms with E-state index in [0.29, 0.717) is 13.2 Å². The molecule has 0 spiro atoms. The predicted octanol–water partition coefficient (Wildman–Crippen LogP) is 0.340. The third kappa shape index (κ3) is 3.49. The summed E-state index contributed by atoms with van der Waals surface area (Å²) in [6, 6.07) is 3.54. The number of nitro benzene ring substituents is 1. The Kier molecular flexibility index (Phi) is 4.97. The molecule has 0 N–H and O–H groups in total. The predicted molar refractivity (Wildman–Crippen MR) is 80.2 cm³/mol. The minimum Gasteiger partial charge on any atom is -0.383 e. The fraction of sp³-hybridized carbons (Fsp3) is 0.462. The van der Waals surface area contributed by atoms with Crippen LogP contribution >= 0.6 is 0 Å². The number of sulfonamides is 1. The Balaban J connectivity index is 2.26. The molecule has 1 saturated heterocycles. The van der Waals surface area contributed by atoms with E-state index >= 15 is 0 Å². The normalized spacial score (nSPS) is 16.1. The summed E-state index contributed by atoms with van der Waals surface area (Å²) in [7, 11) is -2.40. The van der Waals surface area contributed by atoms with Crippen LogP contribution in [0.2, 0.25) is 0 Å². The van der Waals surface area contributed by atoms with Gasteiger partial charge in [-0.15, -0.1) is 0 Å². The van der Waals surface area contributed by atoms with Crippen LogP contribution in [0.5, 0.6) is 0 Å². The highest BCUT2D eigenvalue weighted by atomic mass is 32.2. The lowest BCUT2D eigenvalue weighted by molar-refractivity contribution is -0.385. The standard InChI is InChI=1S/C13H17N3O6S/c1-10-7-11(16(18)19)3-4-12(10)23(20,21)15-8-13(17)14(9-15)5-6-22-2/h3-4,7H,5-6,8-9H2,1-2H3. The lowest BCUT2D eigenvalue weighted by atomic mass is 10.2. The second-order valence-corrected chi connectivity index (χ2v) is 7.02. The third-order valence-electron chi connectivity index (χ3n) is 3.55. The Bertz CT molecular complexity index is 733. The highest BCUT2D eigenvalue weighted by Gasteiger charge is 2.36. The van der Waals surface area contributed by atoms with Gasteiger partial charge in [-0.3, -0.25) is 14.9 Å². The lowest BCUT2D eigenvalue weighted by Gasteiger charge is -2.18.